The number of halogens is 3. The first kappa shape index (κ1) is 21.0. The molecule has 0 spiro atoms. The molecule has 5 nitrogen and oxygen atoms in total. The second-order valence-corrected chi connectivity index (χ2v) is 7.95. The summed E-state index contributed by atoms with van der Waals surface area (Å²) in [5.41, 5.74) is -0.178. The average molecular weight is 446 g/mol. The quantitative estimate of drug-likeness (QED) is 0.576. The summed E-state index contributed by atoms with van der Waals surface area (Å²) < 4.78 is 44.7. The van der Waals surface area contributed by atoms with Crippen molar-refractivity contribution in [2.24, 2.45) is 0 Å². The van der Waals surface area contributed by atoms with Crippen LogP contribution in [0, 0.1) is 0 Å². The Morgan fingerprint density at radius 1 is 1.10 bits per heavy atom. The average Bonchev–Trinajstić information content (AvgIpc) is 3.38. The van der Waals surface area contributed by atoms with Gasteiger partial charge >= 0.3 is 6.18 Å². The number of carbonyl (C=O) groups is 2. The number of para-hydroxylation sites is 1. The van der Waals surface area contributed by atoms with Gasteiger partial charge in [0.2, 0.25) is 5.91 Å². The number of hydrogen-bond donors (Lipinski definition) is 1. The Bertz CT molecular complexity index is 1080. The molecule has 1 saturated heterocycles. The first-order valence-corrected chi connectivity index (χ1v) is 10.4. The fourth-order valence-corrected chi connectivity index (χ4v) is 4.49. The van der Waals surface area contributed by atoms with Gasteiger partial charge in [0, 0.05) is 5.56 Å². The highest BCUT2D eigenvalue weighted by molar-refractivity contribution is 8.00. The Morgan fingerprint density at radius 3 is 2.52 bits per heavy atom. The number of furan rings is 1. The van der Waals surface area contributed by atoms with Gasteiger partial charge in [-0.25, -0.2) is 0 Å². The molecule has 1 aliphatic heterocycles. The second kappa shape index (κ2) is 8.50. The predicted octanol–water partition coefficient (Wildman–Crippen LogP) is 5.32. The number of benzene rings is 2. The third-order valence-corrected chi connectivity index (χ3v) is 6.07. The van der Waals surface area contributed by atoms with Crippen LogP contribution >= 0.6 is 11.8 Å². The minimum Gasteiger partial charge on any atom is -0.467 e. The van der Waals surface area contributed by atoms with Crippen molar-refractivity contribution in [1.29, 1.82) is 0 Å². The molecular weight excluding hydrogens is 429 g/mol. The highest BCUT2D eigenvalue weighted by Gasteiger charge is 2.34. The molecule has 0 radical (unpaired) electrons. The van der Waals surface area contributed by atoms with Crippen LogP contribution in [-0.2, 0) is 17.5 Å². The van der Waals surface area contributed by atoms with E-state index < -0.39 is 17.6 Å². The van der Waals surface area contributed by atoms with Crippen molar-refractivity contribution in [1.82, 2.24) is 4.90 Å². The molecule has 4 rings (SSSR count). The Kier molecular flexibility index (Phi) is 5.77. The van der Waals surface area contributed by atoms with Crippen LogP contribution in [0.4, 0.5) is 18.9 Å². The van der Waals surface area contributed by atoms with Gasteiger partial charge in [0.1, 0.15) is 11.1 Å². The molecule has 160 valence electrons. The monoisotopic (exact) mass is 446 g/mol. The summed E-state index contributed by atoms with van der Waals surface area (Å²) in [7, 11) is 0. The van der Waals surface area contributed by atoms with Crippen LogP contribution in [0.15, 0.2) is 71.3 Å². The standard InChI is InChI=1S/C22H17F3N2O3S/c23-22(24,25)17-5-1-2-6-18(17)26-20(29)14-7-9-15(10-8-14)21-27(19(28)13-31-21)12-16-4-3-11-30-16/h1-11,21H,12-13H2,(H,26,29)/t21-/m1/s1. The number of thioether (sulfide) groups is 1. The molecule has 0 saturated carbocycles. The van der Waals surface area contributed by atoms with E-state index in [1.807, 2.05) is 0 Å². The van der Waals surface area contributed by atoms with Crippen LogP contribution in [0.3, 0.4) is 0 Å². The van der Waals surface area contributed by atoms with Crippen molar-refractivity contribution in [3.05, 3.63) is 89.4 Å². The normalized spacial score (nSPS) is 16.5. The van der Waals surface area contributed by atoms with Crippen LogP contribution in [0.2, 0.25) is 0 Å². The Morgan fingerprint density at radius 2 is 1.84 bits per heavy atom. The van der Waals surface area contributed by atoms with E-state index in [2.05, 4.69) is 5.32 Å². The van der Waals surface area contributed by atoms with E-state index in [4.69, 9.17) is 4.42 Å². The van der Waals surface area contributed by atoms with Gasteiger partial charge in [-0.05, 0) is 42.0 Å². The summed E-state index contributed by atoms with van der Waals surface area (Å²) in [4.78, 5) is 26.5. The van der Waals surface area contributed by atoms with Crippen molar-refractivity contribution in [3.63, 3.8) is 0 Å². The minimum atomic E-state index is -4.57. The lowest BCUT2D eigenvalue weighted by atomic mass is 10.1. The van der Waals surface area contributed by atoms with Gasteiger partial charge in [-0.2, -0.15) is 13.2 Å². The van der Waals surface area contributed by atoms with Crippen LogP contribution in [0.1, 0.15) is 32.6 Å². The Hall–Kier alpha value is -3.20. The zero-order valence-electron chi connectivity index (χ0n) is 16.1. The molecule has 0 bridgehead atoms. The van der Waals surface area contributed by atoms with Crippen LogP contribution in [0.25, 0.3) is 0 Å². The van der Waals surface area contributed by atoms with Crippen molar-refractivity contribution < 1.29 is 27.2 Å². The molecule has 1 atom stereocenters. The summed E-state index contributed by atoms with van der Waals surface area (Å²) in [5, 5.41) is 2.09. The molecule has 0 unspecified atom stereocenters. The van der Waals surface area contributed by atoms with Gasteiger partial charge in [-0.3, -0.25) is 9.59 Å². The van der Waals surface area contributed by atoms with Crippen LogP contribution in [0.5, 0.6) is 0 Å². The van der Waals surface area contributed by atoms with Crippen molar-refractivity contribution >= 4 is 29.3 Å². The summed E-state index contributed by atoms with van der Waals surface area (Å²) in [6.45, 7) is 0.333. The largest absolute Gasteiger partial charge is 0.467 e. The zero-order chi connectivity index (χ0) is 22.0. The molecule has 1 N–H and O–H groups in total. The molecule has 0 aliphatic carbocycles. The fourth-order valence-electron chi connectivity index (χ4n) is 3.30. The smallest absolute Gasteiger partial charge is 0.418 e. The maximum atomic E-state index is 13.1. The third-order valence-electron chi connectivity index (χ3n) is 4.81. The maximum absolute atomic E-state index is 13.1. The van der Waals surface area contributed by atoms with E-state index in [1.165, 1.54) is 42.1 Å². The number of amides is 2. The lowest BCUT2D eigenvalue weighted by Crippen LogP contribution is -2.27. The van der Waals surface area contributed by atoms with E-state index in [9.17, 15) is 22.8 Å². The molecule has 2 amide bonds. The fraction of sp³-hybridized carbons (Fsp3) is 0.182. The Labute approximate surface area is 180 Å². The molecule has 1 fully saturated rings. The molecule has 2 aromatic carbocycles. The number of anilines is 1. The van der Waals surface area contributed by atoms with Crippen molar-refractivity contribution in [2.45, 2.75) is 18.1 Å². The van der Waals surface area contributed by atoms with Gasteiger partial charge < -0.3 is 14.6 Å². The first-order chi connectivity index (χ1) is 14.8. The van der Waals surface area contributed by atoms with Gasteiger partial charge in [0.15, 0.2) is 0 Å². The number of nitrogens with zero attached hydrogens (tertiary/aromatic N) is 1. The van der Waals surface area contributed by atoms with E-state index in [1.54, 1.807) is 35.4 Å². The SMILES string of the molecule is O=C(Nc1ccccc1C(F)(F)F)c1ccc([C@H]2SCC(=O)N2Cc2ccco2)cc1. The number of hydrogen-bond acceptors (Lipinski definition) is 4. The zero-order valence-corrected chi connectivity index (χ0v) is 16.9. The molecule has 9 heteroatoms. The van der Waals surface area contributed by atoms with Gasteiger partial charge in [0.25, 0.3) is 5.91 Å². The Balaban J connectivity index is 1.49. The molecular formula is C22H17F3N2O3S. The highest BCUT2D eigenvalue weighted by Crippen LogP contribution is 2.40. The van der Waals surface area contributed by atoms with Gasteiger partial charge in [-0.1, -0.05) is 24.3 Å². The van der Waals surface area contributed by atoms with E-state index >= 15 is 0 Å². The molecule has 31 heavy (non-hydrogen) atoms. The number of rotatable bonds is 5. The van der Waals surface area contributed by atoms with Gasteiger partial charge in [-0.15, -0.1) is 11.8 Å². The van der Waals surface area contributed by atoms with Crippen LogP contribution < -0.4 is 5.32 Å². The van der Waals surface area contributed by atoms with E-state index in [-0.39, 0.29) is 22.5 Å². The maximum Gasteiger partial charge on any atom is 0.418 e. The summed E-state index contributed by atoms with van der Waals surface area (Å²) in [6.07, 6.45) is -3.03. The molecule has 2 heterocycles. The number of carbonyl (C=O) groups excluding carboxylic acids is 2. The lowest BCUT2D eigenvalue weighted by molar-refractivity contribution is -0.137. The van der Waals surface area contributed by atoms with E-state index in [0.717, 1.165) is 11.6 Å². The van der Waals surface area contributed by atoms with Crippen molar-refractivity contribution in [2.75, 3.05) is 11.1 Å². The summed E-state index contributed by atoms with van der Waals surface area (Å²) in [6, 6.07) is 14.8. The number of nitrogens with one attached hydrogen (secondary N) is 1. The molecule has 1 aromatic heterocycles. The second-order valence-electron chi connectivity index (χ2n) is 6.88. The summed E-state index contributed by atoms with van der Waals surface area (Å²) >= 11 is 1.46. The van der Waals surface area contributed by atoms with Gasteiger partial charge in [0.05, 0.1) is 29.8 Å². The number of alkyl halides is 3. The third kappa shape index (κ3) is 4.61. The highest BCUT2D eigenvalue weighted by atomic mass is 32.2. The minimum absolute atomic E-state index is 0.0167. The predicted molar refractivity (Wildman–Crippen MR) is 110 cm³/mol. The summed E-state index contributed by atoms with van der Waals surface area (Å²) in [5.74, 6) is 0.338. The topological polar surface area (TPSA) is 62.6 Å². The molecule has 1 aliphatic rings. The van der Waals surface area contributed by atoms with Crippen molar-refractivity contribution in [3.8, 4) is 0 Å². The molecule has 3 aromatic rings. The van der Waals surface area contributed by atoms with E-state index in [0.29, 0.717) is 18.1 Å². The van der Waals surface area contributed by atoms with Crippen LogP contribution in [-0.4, -0.2) is 22.5 Å². The first-order valence-electron chi connectivity index (χ1n) is 9.34. The lowest BCUT2D eigenvalue weighted by Gasteiger charge is -2.23.